The van der Waals surface area contributed by atoms with E-state index >= 15 is 0 Å². The largest absolute Gasteiger partial charge is 0.328 e. The molecule has 0 saturated carbocycles. The van der Waals surface area contributed by atoms with Gasteiger partial charge < -0.3 is 19.6 Å². The van der Waals surface area contributed by atoms with Crippen LogP contribution in [-0.4, -0.2) is 85.0 Å². The maximum absolute atomic E-state index is 11.9. The van der Waals surface area contributed by atoms with Gasteiger partial charge in [0.25, 0.3) is 0 Å². The van der Waals surface area contributed by atoms with Crippen LogP contribution in [0.2, 0.25) is 0 Å². The highest BCUT2D eigenvalue weighted by Crippen LogP contribution is 2.10. The Kier molecular flexibility index (Phi) is 3.93. The van der Waals surface area contributed by atoms with E-state index in [1.54, 1.807) is 9.80 Å². The van der Waals surface area contributed by atoms with Gasteiger partial charge in [0.2, 0.25) is 0 Å². The SMILES string of the molecule is CN1CCCN(CCN2CCCN(C)C2=O)C1=O. The molecule has 2 saturated heterocycles. The van der Waals surface area contributed by atoms with Crippen molar-refractivity contribution in [3.8, 4) is 0 Å². The highest BCUT2D eigenvalue weighted by Gasteiger charge is 2.26. The molecular weight excluding hydrogens is 232 g/mol. The average molecular weight is 254 g/mol. The van der Waals surface area contributed by atoms with Crippen molar-refractivity contribution in [3.63, 3.8) is 0 Å². The number of nitrogens with zero attached hydrogens (tertiary/aromatic N) is 4. The number of carbonyl (C=O) groups is 2. The lowest BCUT2D eigenvalue weighted by Crippen LogP contribution is -2.53. The Morgan fingerprint density at radius 1 is 0.778 bits per heavy atom. The number of urea groups is 2. The van der Waals surface area contributed by atoms with Crippen molar-refractivity contribution in [2.24, 2.45) is 0 Å². The second-order valence-electron chi connectivity index (χ2n) is 5.09. The van der Waals surface area contributed by atoms with Crippen molar-refractivity contribution < 1.29 is 9.59 Å². The molecule has 2 fully saturated rings. The molecular formula is C12H22N4O2. The van der Waals surface area contributed by atoms with Crippen LogP contribution >= 0.6 is 0 Å². The van der Waals surface area contributed by atoms with Gasteiger partial charge in [-0.05, 0) is 12.8 Å². The van der Waals surface area contributed by atoms with Crippen LogP contribution in [0.15, 0.2) is 0 Å². The Balaban J connectivity index is 1.83. The Morgan fingerprint density at radius 3 is 1.56 bits per heavy atom. The molecule has 0 atom stereocenters. The standard InChI is InChI=1S/C12H22N4O2/c1-13-5-3-7-15(11(13)17)9-10-16-8-4-6-14(2)12(16)18/h3-10H2,1-2H3. The van der Waals surface area contributed by atoms with Crippen LogP contribution in [0.5, 0.6) is 0 Å². The summed E-state index contributed by atoms with van der Waals surface area (Å²) in [5.74, 6) is 0. The molecule has 0 aromatic carbocycles. The van der Waals surface area contributed by atoms with Crippen LogP contribution in [0, 0.1) is 0 Å². The first-order chi connectivity index (χ1) is 8.59. The van der Waals surface area contributed by atoms with E-state index in [-0.39, 0.29) is 12.1 Å². The lowest BCUT2D eigenvalue weighted by atomic mass is 10.2. The quantitative estimate of drug-likeness (QED) is 0.736. The molecule has 2 heterocycles. The van der Waals surface area contributed by atoms with Crippen molar-refractivity contribution in [2.45, 2.75) is 12.8 Å². The van der Waals surface area contributed by atoms with E-state index < -0.39 is 0 Å². The first-order valence-corrected chi connectivity index (χ1v) is 6.59. The van der Waals surface area contributed by atoms with E-state index in [0.29, 0.717) is 13.1 Å². The molecule has 0 bridgehead atoms. The number of carbonyl (C=O) groups excluding carboxylic acids is 2. The summed E-state index contributed by atoms with van der Waals surface area (Å²) in [4.78, 5) is 30.9. The third-order valence-corrected chi connectivity index (χ3v) is 3.68. The normalized spacial score (nSPS) is 21.9. The van der Waals surface area contributed by atoms with Crippen molar-refractivity contribution in [1.82, 2.24) is 19.6 Å². The number of amides is 4. The van der Waals surface area contributed by atoms with Gasteiger partial charge in [0.15, 0.2) is 0 Å². The minimum absolute atomic E-state index is 0.0825. The molecule has 2 rings (SSSR count). The van der Waals surface area contributed by atoms with Crippen molar-refractivity contribution in [2.75, 3.05) is 53.4 Å². The summed E-state index contributed by atoms with van der Waals surface area (Å²) in [5, 5.41) is 0. The summed E-state index contributed by atoms with van der Waals surface area (Å²) < 4.78 is 0. The minimum Gasteiger partial charge on any atom is -0.328 e. The molecule has 4 amide bonds. The lowest BCUT2D eigenvalue weighted by molar-refractivity contribution is 0.117. The molecule has 18 heavy (non-hydrogen) atoms. The Bertz CT molecular complexity index is 302. The smallest absolute Gasteiger partial charge is 0.319 e. The zero-order valence-electron chi connectivity index (χ0n) is 11.3. The van der Waals surface area contributed by atoms with Crippen molar-refractivity contribution in [1.29, 1.82) is 0 Å². The number of hydrogen-bond donors (Lipinski definition) is 0. The molecule has 0 unspecified atom stereocenters. The van der Waals surface area contributed by atoms with Crippen LogP contribution < -0.4 is 0 Å². The van der Waals surface area contributed by atoms with Crippen LogP contribution in [-0.2, 0) is 0 Å². The fourth-order valence-corrected chi connectivity index (χ4v) is 2.52. The Labute approximate surface area is 108 Å². The van der Waals surface area contributed by atoms with E-state index in [9.17, 15) is 9.59 Å². The summed E-state index contributed by atoms with van der Waals surface area (Å²) in [6.07, 6.45) is 2.02. The predicted octanol–water partition coefficient (Wildman–Crippen LogP) is 0.501. The maximum Gasteiger partial charge on any atom is 0.319 e. The first-order valence-electron chi connectivity index (χ1n) is 6.59. The molecule has 0 N–H and O–H groups in total. The summed E-state index contributed by atoms with van der Waals surface area (Å²) in [7, 11) is 3.66. The predicted molar refractivity (Wildman–Crippen MR) is 68.4 cm³/mol. The Hall–Kier alpha value is -1.46. The summed E-state index contributed by atoms with van der Waals surface area (Å²) in [6, 6.07) is 0.165. The van der Waals surface area contributed by atoms with Crippen molar-refractivity contribution in [3.05, 3.63) is 0 Å². The van der Waals surface area contributed by atoms with Crippen LogP contribution in [0.3, 0.4) is 0 Å². The molecule has 0 aromatic heterocycles. The molecule has 0 radical (unpaired) electrons. The van der Waals surface area contributed by atoms with Crippen molar-refractivity contribution >= 4 is 12.1 Å². The molecule has 2 aliphatic rings. The molecule has 6 nitrogen and oxygen atoms in total. The average Bonchev–Trinajstić information content (AvgIpc) is 2.36. The molecule has 0 spiro atoms. The van der Waals surface area contributed by atoms with Crippen LogP contribution in [0.25, 0.3) is 0 Å². The van der Waals surface area contributed by atoms with Gasteiger partial charge in [0.1, 0.15) is 0 Å². The number of hydrogen-bond acceptors (Lipinski definition) is 2. The van der Waals surface area contributed by atoms with Gasteiger partial charge >= 0.3 is 12.1 Å². The van der Waals surface area contributed by atoms with Gasteiger partial charge in [0, 0.05) is 53.4 Å². The minimum atomic E-state index is 0.0825. The molecule has 102 valence electrons. The van der Waals surface area contributed by atoms with Crippen LogP contribution in [0.4, 0.5) is 9.59 Å². The maximum atomic E-state index is 11.9. The summed E-state index contributed by atoms with van der Waals surface area (Å²) >= 11 is 0. The third kappa shape index (κ3) is 2.68. The van der Waals surface area contributed by atoms with Gasteiger partial charge in [-0.2, -0.15) is 0 Å². The fraction of sp³-hybridized carbons (Fsp3) is 0.833. The van der Waals surface area contributed by atoms with Crippen LogP contribution in [0.1, 0.15) is 12.8 Å². The molecule has 0 aromatic rings. The van der Waals surface area contributed by atoms with Gasteiger partial charge in [-0.15, -0.1) is 0 Å². The van der Waals surface area contributed by atoms with Gasteiger partial charge in [0.05, 0.1) is 0 Å². The van der Waals surface area contributed by atoms with E-state index in [1.807, 2.05) is 23.9 Å². The Morgan fingerprint density at radius 2 is 1.17 bits per heavy atom. The van der Waals surface area contributed by atoms with Gasteiger partial charge in [-0.25, -0.2) is 9.59 Å². The molecule has 6 heteroatoms. The first kappa shape index (κ1) is 13.0. The van der Waals surface area contributed by atoms with Gasteiger partial charge in [-0.3, -0.25) is 0 Å². The monoisotopic (exact) mass is 254 g/mol. The third-order valence-electron chi connectivity index (χ3n) is 3.68. The highest BCUT2D eigenvalue weighted by molar-refractivity contribution is 5.76. The highest BCUT2D eigenvalue weighted by atomic mass is 16.2. The van der Waals surface area contributed by atoms with E-state index in [4.69, 9.17) is 0 Å². The summed E-state index contributed by atoms with van der Waals surface area (Å²) in [6.45, 7) is 4.56. The van der Waals surface area contributed by atoms with E-state index in [0.717, 1.165) is 39.0 Å². The lowest BCUT2D eigenvalue weighted by Gasteiger charge is -2.37. The van der Waals surface area contributed by atoms with E-state index in [2.05, 4.69) is 0 Å². The zero-order chi connectivity index (χ0) is 13.1. The molecule has 2 aliphatic heterocycles. The second kappa shape index (κ2) is 5.46. The van der Waals surface area contributed by atoms with E-state index in [1.165, 1.54) is 0 Å². The second-order valence-corrected chi connectivity index (χ2v) is 5.09. The molecule has 0 aliphatic carbocycles. The number of rotatable bonds is 3. The summed E-state index contributed by atoms with van der Waals surface area (Å²) in [5.41, 5.74) is 0. The topological polar surface area (TPSA) is 47.1 Å². The zero-order valence-corrected chi connectivity index (χ0v) is 11.3. The fourth-order valence-electron chi connectivity index (χ4n) is 2.52. The van der Waals surface area contributed by atoms with Gasteiger partial charge in [-0.1, -0.05) is 0 Å².